The second-order valence-electron chi connectivity index (χ2n) is 5.33. The molecule has 118 valence electrons. The second-order valence-corrected chi connectivity index (χ2v) is 5.74. The molecule has 1 N–H and O–H groups in total. The molecule has 4 nitrogen and oxygen atoms in total. The van der Waals surface area contributed by atoms with E-state index < -0.39 is 0 Å². The van der Waals surface area contributed by atoms with Crippen LogP contribution in [0.2, 0.25) is 5.02 Å². The Kier molecular flexibility index (Phi) is 5.89. The van der Waals surface area contributed by atoms with Crippen LogP contribution in [0.3, 0.4) is 0 Å². The zero-order valence-electron chi connectivity index (χ0n) is 13.4. The molecule has 2 rings (SSSR count). The Morgan fingerprint density at radius 3 is 2.59 bits per heavy atom. The van der Waals surface area contributed by atoms with Crippen molar-refractivity contribution >= 4 is 11.6 Å². The van der Waals surface area contributed by atoms with Gasteiger partial charge in [0.25, 0.3) is 0 Å². The van der Waals surface area contributed by atoms with Gasteiger partial charge in [0.2, 0.25) is 0 Å². The van der Waals surface area contributed by atoms with E-state index in [1.165, 1.54) is 0 Å². The van der Waals surface area contributed by atoms with Gasteiger partial charge in [0.15, 0.2) is 0 Å². The van der Waals surface area contributed by atoms with Crippen molar-refractivity contribution in [2.75, 3.05) is 13.7 Å². The zero-order valence-corrected chi connectivity index (χ0v) is 14.2. The summed E-state index contributed by atoms with van der Waals surface area (Å²) in [6.07, 6.45) is 1.79. The van der Waals surface area contributed by atoms with E-state index in [9.17, 15) is 0 Å². The molecule has 0 saturated heterocycles. The maximum Gasteiger partial charge on any atom is 0.125 e. The fourth-order valence-corrected chi connectivity index (χ4v) is 2.73. The molecule has 1 heterocycles. The molecule has 0 fully saturated rings. The van der Waals surface area contributed by atoms with E-state index in [1.807, 2.05) is 44.3 Å². The highest BCUT2D eigenvalue weighted by atomic mass is 35.5. The lowest BCUT2D eigenvalue weighted by Gasteiger charge is -2.21. The monoisotopic (exact) mass is 319 g/mol. The first-order valence-electron chi connectivity index (χ1n) is 7.33. The van der Waals surface area contributed by atoms with Crippen molar-refractivity contribution in [1.29, 1.82) is 0 Å². The Balaban J connectivity index is 2.05. The first kappa shape index (κ1) is 16.9. The van der Waals surface area contributed by atoms with Gasteiger partial charge in [-0.1, -0.05) is 29.8 Å². The van der Waals surface area contributed by atoms with Crippen LogP contribution in [0.1, 0.15) is 41.7 Å². The van der Waals surface area contributed by atoms with Gasteiger partial charge >= 0.3 is 0 Å². The van der Waals surface area contributed by atoms with E-state index in [1.54, 1.807) is 7.11 Å². The Bertz CT molecular complexity index is 633. The molecule has 5 heteroatoms. The highest BCUT2D eigenvalue weighted by Gasteiger charge is 2.16. The third-order valence-corrected chi connectivity index (χ3v) is 4.09. The van der Waals surface area contributed by atoms with Crippen LogP contribution in [0.15, 0.2) is 30.5 Å². The van der Waals surface area contributed by atoms with Crippen LogP contribution in [0, 0.1) is 13.8 Å². The van der Waals surface area contributed by atoms with E-state index in [4.69, 9.17) is 16.3 Å². The average Bonchev–Trinajstić information content (AvgIpc) is 2.49. The van der Waals surface area contributed by atoms with Gasteiger partial charge in [-0.3, -0.25) is 0 Å². The summed E-state index contributed by atoms with van der Waals surface area (Å²) < 4.78 is 5.57. The zero-order chi connectivity index (χ0) is 16.1. The predicted octanol–water partition coefficient (Wildman–Crippen LogP) is 3.79. The van der Waals surface area contributed by atoms with Gasteiger partial charge in [0, 0.05) is 47.7 Å². The van der Waals surface area contributed by atoms with E-state index in [0.717, 1.165) is 27.7 Å². The molecule has 22 heavy (non-hydrogen) atoms. The van der Waals surface area contributed by atoms with Gasteiger partial charge in [-0.15, -0.1) is 0 Å². The maximum atomic E-state index is 6.24. The van der Waals surface area contributed by atoms with Crippen LogP contribution >= 0.6 is 11.6 Å². The Hall–Kier alpha value is -1.49. The van der Waals surface area contributed by atoms with Gasteiger partial charge in [-0.05, 0) is 26.8 Å². The number of rotatable bonds is 6. The number of ether oxygens (including phenoxy) is 1. The van der Waals surface area contributed by atoms with Crippen LogP contribution in [-0.2, 0) is 4.74 Å². The number of halogens is 1. The molecule has 1 aromatic carbocycles. The molecule has 0 bridgehead atoms. The molecular formula is C17H22ClN3O. The fourth-order valence-electron chi connectivity index (χ4n) is 2.47. The first-order chi connectivity index (χ1) is 10.5. The number of hydrogen-bond acceptors (Lipinski definition) is 4. The summed E-state index contributed by atoms with van der Waals surface area (Å²) >= 11 is 6.24. The van der Waals surface area contributed by atoms with Gasteiger partial charge in [-0.2, -0.15) is 0 Å². The molecule has 0 spiro atoms. The topological polar surface area (TPSA) is 47.0 Å². The maximum absolute atomic E-state index is 6.24. The summed E-state index contributed by atoms with van der Waals surface area (Å²) in [5.74, 6) is 0.791. The Morgan fingerprint density at radius 2 is 1.95 bits per heavy atom. The number of nitrogens with one attached hydrogen (secondary N) is 1. The van der Waals surface area contributed by atoms with Gasteiger partial charge in [0.1, 0.15) is 5.82 Å². The van der Waals surface area contributed by atoms with Crippen LogP contribution < -0.4 is 5.32 Å². The normalized spacial score (nSPS) is 13.9. The summed E-state index contributed by atoms with van der Waals surface area (Å²) in [5.41, 5.74) is 3.09. The molecule has 2 atom stereocenters. The number of aromatic nitrogens is 2. The van der Waals surface area contributed by atoms with Crippen molar-refractivity contribution in [3.63, 3.8) is 0 Å². The Morgan fingerprint density at radius 1 is 1.23 bits per heavy atom. The van der Waals surface area contributed by atoms with E-state index in [0.29, 0.717) is 6.54 Å². The molecule has 0 radical (unpaired) electrons. The lowest BCUT2D eigenvalue weighted by Crippen LogP contribution is -2.26. The SMILES string of the molecule is CO[C@@H](CN[C@@H](C)c1cnc(C)nc1C)c1ccccc1Cl. The standard InChI is InChI=1S/C17H22ClN3O/c1-11(15-9-20-13(3)21-12(15)2)19-10-17(22-4)14-7-5-6-8-16(14)18/h5-9,11,17,19H,10H2,1-4H3/t11-,17-/m0/s1. The molecule has 0 aliphatic heterocycles. The lowest BCUT2D eigenvalue weighted by molar-refractivity contribution is 0.0999. The molecule has 0 amide bonds. The molecular weight excluding hydrogens is 298 g/mol. The van der Waals surface area contributed by atoms with Gasteiger partial charge in [-0.25, -0.2) is 9.97 Å². The van der Waals surface area contributed by atoms with Crippen molar-refractivity contribution in [1.82, 2.24) is 15.3 Å². The molecule has 0 unspecified atom stereocenters. The van der Waals surface area contributed by atoms with Crippen molar-refractivity contribution in [2.24, 2.45) is 0 Å². The fraction of sp³-hybridized carbons (Fsp3) is 0.412. The number of aryl methyl sites for hydroxylation is 2. The van der Waals surface area contributed by atoms with E-state index in [2.05, 4.69) is 22.2 Å². The first-order valence-corrected chi connectivity index (χ1v) is 7.71. The summed E-state index contributed by atoms with van der Waals surface area (Å²) in [4.78, 5) is 8.69. The highest BCUT2D eigenvalue weighted by molar-refractivity contribution is 6.31. The number of methoxy groups -OCH3 is 1. The van der Waals surface area contributed by atoms with Crippen LogP contribution in [0.5, 0.6) is 0 Å². The minimum Gasteiger partial charge on any atom is -0.375 e. The molecule has 0 aliphatic carbocycles. The van der Waals surface area contributed by atoms with Crippen molar-refractivity contribution in [2.45, 2.75) is 32.9 Å². The minimum absolute atomic E-state index is 0.0946. The van der Waals surface area contributed by atoms with Gasteiger partial charge in [0.05, 0.1) is 6.10 Å². The molecule has 0 saturated carbocycles. The summed E-state index contributed by atoms with van der Waals surface area (Å²) in [5, 5.41) is 4.19. The van der Waals surface area contributed by atoms with Crippen LogP contribution in [0.25, 0.3) is 0 Å². The minimum atomic E-state index is -0.0946. The summed E-state index contributed by atoms with van der Waals surface area (Å²) in [7, 11) is 1.70. The number of benzene rings is 1. The predicted molar refractivity (Wildman–Crippen MR) is 89.1 cm³/mol. The number of hydrogen-bond donors (Lipinski definition) is 1. The third-order valence-electron chi connectivity index (χ3n) is 3.75. The number of nitrogens with zero attached hydrogens (tertiary/aromatic N) is 2. The molecule has 1 aromatic heterocycles. The van der Waals surface area contributed by atoms with Gasteiger partial charge < -0.3 is 10.1 Å². The van der Waals surface area contributed by atoms with Crippen LogP contribution in [0.4, 0.5) is 0 Å². The summed E-state index contributed by atoms with van der Waals surface area (Å²) in [6.45, 7) is 6.66. The highest BCUT2D eigenvalue weighted by Crippen LogP contribution is 2.25. The third kappa shape index (κ3) is 4.03. The Labute approximate surface area is 136 Å². The van der Waals surface area contributed by atoms with Crippen LogP contribution in [-0.4, -0.2) is 23.6 Å². The quantitative estimate of drug-likeness (QED) is 0.880. The van der Waals surface area contributed by atoms with E-state index in [-0.39, 0.29) is 12.1 Å². The molecule has 0 aliphatic rings. The van der Waals surface area contributed by atoms with E-state index >= 15 is 0 Å². The van der Waals surface area contributed by atoms with Crippen molar-refractivity contribution in [3.05, 3.63) is 58.1 Å². The largest absolute Gasteiger partial charge is 0.375 e. The lowest BCUT2D eigenvalue weighted by atomic mass is 10.1. The molecule has 2 aromatic rings. The smallest absolute Gasteiger partial charge is 0.125 e. The van der Waals surface area contributed by atoms with Crippen molar-refractivity contribution in [3.8, 4) is 0 Å². The second kappa shape index (κ2) is 7.68. The average molecular weight is 320 g/mol. The summed E-state index contributed by atoms with van der Waals surface area (Å²) in [6, 6.07) is 7.89. The van der Waals surface area contributed by atoms with Crippen molar-refractivity contribution < 1.29 is 4.74 Å².